The molecule has 2 aromatic rings. The topological polar surface area (TPSA) is 90.4 Å². The first-order valence-corrected chi connectivity index (χ1v) is 8.63. The second-order valence-corrected chi connectivity index (χ2v) is 8.57. The number of phenols is 1. The fourth-order valence-corrected chi connectivity index (χ4v) is 2.67. The molecule has 0 saturated carbocycles. The molecule has 6 heteroatoms. The first-order valence-electron chi connectivity index (χ1n) is 8.63. The molecule has 6 nitrogen and oxygen atoms in total. The number of benzene rings is 1. The summed E-state index contributed by atoms with van der Waals surface area (Å²) >= 11 is 0. The van der Waals surface area contributed by atoms with Crippen LogP contribution >= 0.6 is 0 Å². The summed E-state index contributed by atoms with van der Waals surface area (Å²) in [4.78, 5) is 18.2. The van der Waals surface area contributed by atoms with Crippen LogP contribution in [0.25, 0.3) is 0 Å². The van der Waals surface area contributed by atoms with Gasteiger partial charge in [0.15, 0.2) is 0 Å². The molecule has 0 unspecified atom stereocenters. The van der Waals surface area contributed by atoms with Gasteiger partial charge in [-0.05, 0) is 35.4 Å². The first kappa shape index (κ1) is 19.7. The molecular weight excluding hydrogens is 328 g/mol. The second kappa shape index (κ2) is 6.94. The number of phenolic OH excluding ortho intramolecular Hbond substituents is 1. The van der Waals surface area contributed by atoms with Gasteiger partial charge in [-0.25, -0.2) is 10.4 Å². The molecule has 0 spiro atoms. The predicted molar refractivity (Wildman–Crippen MR) is 106 cm³/mol. The Bertz CT molecular complexity index is 849. The smallest absolute Gasteiger partial charge is 0.252 e. The number of hydrogen-bond donors (Lipinski definition) is 3. The van der Waals surface area contributed by atoms with E-state index < -0.39 is 0 Å². The Kier molecular flexibility index (Phi) is 5.26. The largest absolute Gasteiger partial charge is 0.507 e. The van der Waals surface area contributed by atoms with Gasteiger partial charge in [-0.1, -0.05) is 41.5 Å². The summed E-state index contributed by atoms with van der Waals surface area (Å²) in [5, 5.41) is 14.9. The lowest BCUT2D eigenvalue weighted by Crippen LogP contribution is -2.18. The van der Waals surface area contributed by atoms with Crippen LogP contribution in [0, 0.1) is 6.92 Å². The SMILES string of the molecule is Cc1cc(=O)[nH]c(N/N=C\c2cc(C(C)(C)C)c(O)c(C(C)(C)C)c2)n1. The molecule has 0 amide bonds. The van der Waals surface area contributed by atoms with Crippen LogP contribution in [0.5, 0.6) is 5.75 Å². The number of aryl methyl sites for hydroxylation is 1. The minimum Gasteiger partial charge on any atom is -0.507 e. The number of aromatic nitrogens is 2. The highest BCUT2D eigenvalue weighted by molar-refractivity contribution is 5.82. The number of anilines is 1. The van der Waals surface area contributed by atoms with Crippen molar-refractivity contribution in [1.29, 1.82) is 0 Å². The summed E-state index contributed by atoms with van der Waals surface area (Å²) in [5.41, 5.74) is 5.32. The van der Waals surface area contributed by atoms with Crippen LogP contribution in [-0.4, -0.2) is 21.3 Å². The van der Waals surface area contributed by atoms with Crippen LogP contribution in [0.4, 0.5) is 5.95 Å². The Labute approximate surface area is 154 Å². The van der Waals surface area contributed by atoms with E-state index >= 15 is 0 Å². The van der Waals surface area contributed by atoms with Gasteiger partial charge in [-0.2, -0.15) is 5.10 Å². The number of rotatable bonds is 3. The number of nitrogens with zero attached hydrogens (tertiary/aromatic N) is 2. The average molecular weight is 356 g/mol. The van der Waals surface area contributed by atoms with E-state index in [0.717, 1.165) is 16.7 Å². The number of H-pyrrole nitrogens is 1. The van der Waals surface area contributed by atoms with E-state index in [1.54, 1.807) is 13.1 Å². The first-order chi connectivity index (χ1) is 11.9. The molecule has 0 fully saturated rings. The third-order valence-corrected chi connectivity index (χ3v) is 4.00. The van der Waals surface area contributed by atoms with Crippen molar-refractivity contribution in [2.75, 3.05) is 5.43 Å². The molecule has 0 aliphatic heterocycles. The number of hydrogen-bond acceptors (Lipinski definition) is 5. The minimum atomic E-state index is -0.232. The predicted octanol–water partition coefficient (Wildman–Crippen LogP) is 3.82. The Morgan fingerprint density at radius 3 is 2.08 bits per heavy atom. The van der Waals surface area contributed by atoms with E-state index in [4.69, 9.17) is 0 Å². The highest BCUT2D eigenvalue weighted by Gasteiger charge is 2.26. The maximum atomic E-state index is 11.5. The molecule has 2 rings (SSSR count). The van der Waals surface area contributed by atoms with Gasteiger partial charge in [-0.15, -0.1) is 0 Å². The second-order valence-electron chi connectivity index (χ2n) is 8.57. The van der Waals surface area contributed by atoms with Crippen molar-refractivity contribution in [2.45, 2.75) is 59.3 Å². The quantitative estimate of drug-likeness (QED) is 0.576. The number of nitrogens with one attached hydrogen (secondary N) is 2. The normalized spacial score (nSPS) is 12.6. The molecule has 1 heterocycles. The molecule has 0 aliphatic rings. The lowest BCUT2D eigenvalue weighted by atomic mass is 9.78. The molecule has 0 radical (unpaired) electrons. The Morgan fingerprint density at radius 2 is 1.62 bits per heavy atom. The average Bonchev–Trinajstić information content (AvgIpc) is 2.45. The fraction of sp³-hybridized carbons (Fsp3) is 0.450. The van der Waals surface area contributed by atoms with E-state index in [1.165, 1.54) is 6.07 Å². The van der Waals surface area contributed by atoms with Crippen LogP contribution in [0.15, 0.2) is 28.1 Å². The monoisotopic (exact) mass is 356 g/mol. The van der Waals surface area contributed by atoms with Crippen LogP contribution in [0.2, 0.25) is 0 Å². The third kappa shape index (κ3) is 4.71. The zero-order chi connectivity index (χ0) is 19.7. The standard InChI is InChI=1S/C20H28N4O2/c1-12-8-16(25)23-18(22-12)24-21-11-13-9-14(19(2,3)4)17(26)15(10-13)20(5,6)7/h8-11,26H,1-7H3,(H2,22,23,24,25)/b21-11-. The van der Waals surface area contributed by atoms with E-state index in [2.05, 4.69) is 62.0 Å². The summed E-state index contributed by atoms with van der Waals surface area (Å²) in [6.45, 7) is 14.1. The summed E-state index contributed by atoms with van der Waals surface area (Å²) in [5.74, 6) is 0.622. The summed E-state index contributed by atoms with van der Waals surface area (Å²) in [7, 11) is 0. The molecular formula is C20H28N4O2. The van der Waals surface area contributed by atoms with Gasteiger partial charge in [0.25, 0.3) is 5.56 Å². The Morgan fingerprint density at radius 1 is 1.08 bits per heavy atom. The van der Waals surface area contributed by atoms with Gasteiger partial charge in [-0.3, -0.25) is 9.78 Å². The van der Waals surface area contributed by atoms with Gasteiger partial charge >= 0.3 is 0 Å². The molecule has 0 aliphatic carbocycles. The molecule has 140 valence electrons. The highest BCUT2D eigenvalue weighted by Crippen LogP contribution is 2.39. The molecule has 3 N–H and O–H groups in total. The van der Waals surface area contributed by atoms with Gasteiger partial charge in [0.2, 0.25) is 5.95 Å². The fourth-order valence-electron chi connectivity index (χ4n) is 2.67. The molecule has 1 aromatic carbocycles. The lowest BCUT2D eigenvalue weighted by molar-refractivity contribution is 0.423. The number of hydrazone groups is 1. The van der Waals surface area contributed by atoms with Crippen molar-refractivity contribution in [2.24, 2.45) is 5.10 Å². The van der Waals surface area contributed by atoms with Gasteiger partial charge in [0, 0.05) is 22.9 Å². The van der Waals surface area contributed by atoms with Gasteiger partial charge in [0.05, 0.1) is 6.21 Å². The summed E-state index contributed by atoms with van der Waals surface area (Å²) in [6.07, 6.45) is 1.66. The maximum absolute atomic E-state index is 11.5. The van der Waals surface area contributed by atoms with Crippen molar-refractivity contribution >= 4 is 12.2 Å². The summed E-state index contributed by atoms with van der Waals surface area (Å²) < 4.78 is 0. The van der Waals surface area contributed by atoms with Crippen molar-refractivity contribution < 1.29 is 5.11 Å². The van der Waals surface area contributed by atoms with Crippen LogP contribution in [0.3, 0.4) is 0 Å². The Balaban J connectivity index is 2.41. The molecule has 1 aromatic heterocycles. The van der Waals surface area contributed by atoms with E-state index in [0.29, 0.717) is 11.4 Å². The lowest BCUT2D eigenvalue weighted by Gasteiger charge is -2.27. The summed E-state index contributed by atoms with van der Waals surface area (Å²) in [6, 6.07) is 5.28. The molecule has 26 heavy (non-hydrogen) atoms. The Hall–Kier alpha value is -2.63. The van der Waals surface area contributed by atoms with Crippen LogP contribution in [-0.2, 0) is 10.8 Å². The van der Waals surface area contributed by atoms with Crippen LogP contribution in [0.1, 0.15) is 63.9 Å². The van der Waals surface area contributed by atoms with Crippen molar-refractivity contribution in [3.63, 3.8) is 0 Å². The van der Waals surface area contributed by atoms with Crippen molar-refractivity contribution in [3.8, 4) is 5.75 Å². The van der Waals surface area contributed by atoms with E-state index in [9.17, 15) is 9.90 Å². The maximum Gasteiger partial charge on any atom is 0.252 e. The number of aromatic amines is 1. The van der Waals surface area contributed by atoms with Gasteiger partial charge in [0.1, 0.15) is 5.75 Å². The van der Waals surface area contributed by atoms with E-state index in [-0.39, 0.29) is 22.3 Å². The molecule has 0 atom stereocenters. The van der Waals surface area contributed by atoms with Crippen LogP contribution < -0.4 is 11.0 Å². The minimum absolute atomic E-state index is 0.204. The van der Waals surface area contributed by atoms with E-state index in [1.807, 2.05) is 12.1 Å². The molecule has 0 saturated heterocycles. The molecule has 0 bridgehead atoms. The van der Waals surface area contributed by atoms with Crippen molar-refractivity contribution in [3.05, 3.63) is 50.9 Å². The highest BCUT2D eigenvalue weighted by atomic mass is 16.3. The number of aromatic hydroxyl groups is 1. The zero-order valence-electron chi connectivity index (χ0n) is 16.6. The van der Waals surface area contributed by atoms with Crippen molar-refractivity contribution in [1.82, 2.24) is 9.97 Å². The zero-order valence-corrected chi connectivity index (χ0v) is 16.6. The van der Waals surface area contributed by atoms with Gasteiger partial charge < -0.3 is 5.11 Å². The third-order valence-electron chi connectivity index (χ3n) is 4.00.